The Morgan fingerprint density at radius 1 is 1.30 bits per heavy atom. The van der Waals surface area contributed by atoms with Crippen molar-refractivity contribution in [2.45, 2.75) is 40.0 Å². The number of rotatable bonds is 12. The number of phenolic OH excluding ortho intramolecular Hbond substituents is 1. The van der Waals surface area contributed by atoms with Crippen LogP contribution in [0.2, 0.25) is 0 Å². The van der Waals surface area contributed by atoms with Gasteiger partial charge in [0, 0.05) is 24.7 Å². The van der Waals surface area contributed by atoms with Crippen LogP contribution >= 0.6 is 12.2 Å². The number of hydrogen-bond donors (Lipinski definition) is 1. The Balaban J connectivity index is 1.84. The molecule has 1 aromatic carbocycles. The number of thiocarbonyl (C=S) groups is 1. The van der Waals surface area contributed by atoms with Gasteiger partial charge in [0.1, 0.15) is 18.1 Å². The fourth-order valence-electron chi connectivity index (χ4n) is 3.03. The van der Waals surface area contributed by atoms with Gasteiger partial charge in [-0.25, -0.2) is 0 Å². The van der Waals surface area contributed by atoms with E-state index in [1.165, 1.54) is 0 Å². The topological polar surface area (TPSA) is 60.4 Å². The number of fused-ring (bicyclic) bond motifs is 1. The maximum Gasteiger partial charge on any atom is 0.197 e. The maximum atomic E-state index is 10.5. The van der Waals surface area contributed by atoms with E-state index in [-0.39, 0.29) is 5.75 Å². The molecule has 2 rings (SSSR count). The Morgan fingerprint density at radius 3 is 2.83 bits per heavy atom. The van der Waals surface area contributed by atoms with Gasteiger partial charge in [0.15, 0.2) is 11.3 Å². The van der Waals surface area contributed by atoms with Crippen molar-refractivity contribution in [1.82, 2.24) is 4.90 Å². The van der Waals surface area contributed by atoms with Crippen LogP contribution in [0.15, 0.2) is 37.1 Å². The summed E-state index contributed by atoms with van der Waals surface area (Å²) >= 11 is 5.34. The molecule has 0 amide bonds. The summed E-state index contributed by atoms with van der Waals surface area (Å²) in [6.45, 7) is 13.1. The summed E-state index contributed by atoms with van der Waals surface area (Å²) in [6.07, 6.45) is 5.28. The number of allylic oxidation sites excluding steroid dienone is 2. The molecule has 0 saturated heterocycles. The summed E-state index contributed by atoms with van der Waals surface area (Å²) in [5.41, 5.74) is 2.00. The third-order valence-corrected chi connectivity index (χ3v) is 4.72. The monoisotopic (exact) mass is 435 g/mol. The van der Waals surface area contributed by atoms with Crippen LogP contribution in [-0.4, -0.2) is 54.3 Å². The van der Waals surface area contributed by atoms with Crippen molar-refractivity contribution in [2.24, 2.45) is 5.92 Å². The highest BCUT2D eigenvalue weighted by molar-refractivity contribution is 7.80. The number of benzene rings is 1. The van der Waals surface area contributed by atoms with Gasteiger partial charge < -0.3 is 24.1 Å². The second-order valence-corrected chi connectivity index (χ2v) is 8.06. The molecular formula is C23H33NO5S. The molecule has 0 radical (unpaired) electrons. The van der Waals surface area contributed by atoms with Crippen LogP contribution in [-0.2, 0) is 27.2 Å². The summed E-state index contributed by atoms with van der Waals surface area (Å²) in [5, 5.41) is 11.1. The number of hydrogen-bond acceptors (Lipinski definition) is 7. The fraction of sp³-hybridized carbons (Fsp3) is 0.522. The van der Waals surface area contributed by atoms with Crippen LogP contribution in [0.25, 0.3) is 0 Å². The van der Waals surface area contributed by atoms with Crippen molar-refractivity contribution >= 4 is 17.3 Å². The Bertz CT molecular complexity index is 735. The summed E-state index contributed by atoms with van der Waals surface area (Å²) in [7, 11) is 0. The Labute approximate surface area is 185 Å². The van der Waals surface area contributed by atoms with Crippen molar-refractivity contribution in [3.8, 4) is 11.5 Å². The van der Waals surface area contributed by atoms with Crippen molar-refractivity contribution in [1.29, 1.82) is 0 Å². The second kappa shape index (κ2) is 12.6. The zero-order valence-corrected chi connectivity index (χ0v) is 19.0. The van der Waals surface area contributed by atoms with Crippen LogP contribution in [0, 0.1) is 5.92 Å². The van der Waals surface area contributed by atoms with E-state index in [4.69, 9.17) is 31.2 Å². The first-order valence-electron chi connectivity index (χ1n) is 10.3. The van der Waals surface area contributed by atoms with Gasteiger partial charge in [-0.1, -0.05) is 26.5 Å². The molecule has 166 valence electrons. The molecule has 0 bridgehead atoms. The van der Waals surface area contributed by atoms with Crippen molar-refractivity contribution in [3.05, 3.63) is 48.3 Å². The normalized spacial score (nSPS) is 15.1. The van der Waals surface area contributed by atoms with Crippen LogP contribution in [0.3, 0.4) is 0 Å². The van der Waals surface area contributed by atoms with E-state index >= 15 is 0 Å². The second-order valence-electron chi connectivity index (χ2n) is 7.61. The molecular weight excluding hydrogens is 402 g/mol. The lowest BCUT2D eigenvalue weighted by Gasteiger charge is -2.30. The highest BCUT2D eigenvalue weighted by atomic mass is 32.1. The van der Waals surface area contributed by atoms with Gasteiger partial charge in [-0.2, -0.15) is 0 Å². The molecule has 1 heterocycles. The lowest BCUT2D eigenvalue weighted by Crippen LogP contribution is -2.35. The molecule has 1 aliphatic heterocycles. The highest BCUT2D eigenvalue weighted by Crippen LogP contribution is 2.32. The minimum Gasteiger partial charge on any atom is -0.507 e. The number of ether oxygens (including phenoxy) is 4. The zero-order valence-electron chi connectivity index (χ0n) is 18.1. The molecule has 1 aromatic rings. The quantitative estimate of drug-likeness (QED) is 0.173. The van der Waals surface area contributed by atoms with Crippen LogP contribution in [0.4, 0.5) is 0 Å². The van der Waals surface area contributed by atoms with Crippen molar-refractivity contribution in [3.63, 3.8) is 0 Å². The van der Waals surface area contributed by atoms with Crippen LogP contribution < -0.4 is 4.74 Å². The average Bonchev–Trinajstić information content (AvgIpc) is 2.69. The minimum absolute atomic E-state index is 0.228. The van der Waals surface area contributed by atoms with Gasteiger partial charge in [-0.05, 0) is 49.2 Å². The van der Waals surface area contributed by atoms with Gasteiger partial charge in [0.2, 0.25) is 0 Å². The molecule has 0 fully saturated rings. The molecule has 0 spiro atoms. The summed E-state index contributed by atoms with van der Waals surface area (Å²) in [6, 6.07) is 3.61. The summed E-state index contributed by atoms with van der Waals surface area (Å²) < 4.78 is 22.3. The molecule has 1 N–H and O–H groups in total. The third-order valence-electron chi connectivity index (χ3n) is 4.47. The van der Waals surface area contributed by atoms with Crippen LogP contribution in [0.5, 0.6) is 11.5 Å². The minimum atomic E-state index is -0.454. The molecule has 0 aromatic heterocycles. The maximum absolute atomic E-state index is 10.5. The molecule has 0 saturated carbocycles. The first-order chi connectivity index (χ1) is 14.4. The largest absolute Gasteiger partial charge is 0.507 e. The van der Waals surface area contributed by atoms with E-state index in [2.05, 4.69) is 25.3 Å². The van der Waals surface area contributed by atoms with Gasteiger partial charge >= 0.3 is 0 Å². The molecule has 6 nitrogen and oxygen atoms in total. The lowest BCUT2D eigenvalue weighted by atomic mass is 9.98. The van der Waals surface area contributed by atoms with Gasteiger partial charge in [-0.3, -0.25) is 4.90 Å². The Hall–Kier alpha value is -2.09. The number of nitrogens with zero attached hydrogens (tertiary/aromatic N) is 1. The smallest absolute Gasteiger partial charge is 0.197 e. The van der Waals surface area contributed by atoms with E-state index in [0.29, 0.717) is 49.6 Å². The van der Waals surface area contributed by atoms with E-state index in [1.54, 1.807) is 24.5 Å². The number of aromatic hydroxyl groups is 1. The molecule has 1 unspecified atom stereocenters. The van der Waals surface area contributed by atoms with E-state index in [0.717, 1.165) is 24.1 Å². The highest BCUT2D eigenvalue weighted by Gasteiger charge is 2.22. The summed E-state index contributed by atoms with van der Waals surface area (Å²) in [4.78, 5) is 2.19. The van der Waals surface area contributed by atoms with E-state index in [9.17, 15) is 5.11 Å². The van der Waals surface area contributed by atoms with Crippen molar-refractivity contribution < 1.29 is 24.1 Å². The number of phenols is 1. The van der Waals surface area contributed by atoms with E-state index in [1.807, 2.05) is 13.0 Å². The Kier molecular flexibility index (Phi) is 10.1. The predicted molar refractivity (Wildman–Crippen MR) is 122 cm³/mol. The predicted octanol–water partition coefficient (Wildman–Crippen LogP) is 4.21. The first kappa shape index (κ1) is 24.2. The van der Waals surface area contributed by atoms with E-state index < -0.39 is 6.29 Å². The third kappa shape index (κ3) is 8.34. The van der Waals surface area contributed by atoms with Gasteiger partial charge in [0.25, 0.3) is 0 Å². The fourth-order valence-corrected chi connectivity index (χ4v) is 3.28. The zero-order chi connectivity index (χ0) is 21.9. The lowest BCUT2D eigenvalue weighted by molar-refractivity contribution is -0.0771. The molecule has 1 atom stereocenters. The SMILES string of the molecule is C=C/C=C/OCCOC(C)Oc1cc(O)c2c(c1)CCN(CC(=S)OCC(C)C)C2. The van der Waals surface area contributed by atoms with Gasteiger partial charge in [-0.15, -0.1) is 0 Å². The molecule has 30 heavy (non-hydrogen) atoms. The standard InChI is InChI=1S/C23H33NO5S/c1-5-6-9-26-10-11-27-18(4)29-20-12-19-7-8-24(14-21(19)22(25)13-20)15-23(30)28-16-17(2)3/h5-6,9,12-13,17-18,25H,1,7-8,10-11,14-16H2,2-4H3/b9-6+. The Morgan fingerprint density at radius 2 is 2.10 bits per heavy atom. The molecule has 7 heteroatoms. The van der Waals surface area contributed by atoms with Crippen molar-refractivity contribution in [2.75, 3.05) is 32.9 Å². The van der Waals surface area contributed by atoms with Crippen LogP contribution in [0.1, 0.15) is 31.9 Å². The first-order valence-corrected chi connectivity index (χ1v) is 10.7. The average molecular weight is 436 g/mol. The molecule has 1 aliphatic rings. The van der Waals surface area contributed by atoms with Gasteiger partial charge in [0.05, 0.1) is 26.0 Å². The molecule has 0 aliphatic carbocycles. The summed E-state index contributed by atoms with van der Waals surface area (Å²) in [5.74, 6) is 1.27.